The Hall–Kier alpha value is -0.710. The summed E-state index contributed by atoms with van der Waals surface area (Å²) in [6.45, 7) is 2.17. The van der Waals surface area contributed by atoms with Crippen LogP contribution >= 0.6 is 12.6 Å². The van der Waals surface area contributed by atoms with E-state index < -0.39 is 0 Å². The smallest absolute Gasteiger partial charge is 0.232 e. The highest BCUT2D eigenvalue weighted by atomic mass is 32.1. The maximum absolute atomic E-state index is 10.9. The molecule has 2 amide bonds. The minimum atomic E-state index is -0.344. The second-order valence-corrected chi connectivity index (χ2v) is 3.31. The molecule has 12 heavy (non-hydrogen) atoms. The van der Waals surface area contributed by atoms with E-state index in [0.717, 1.165) is 0 Å². The van der Waals surface area contributed by atoms with Crippen LogP contribution in [0.1, 0.15) is 19.8 Å². The van der Waals surface area contributed by atoms with Gasteiger partial charge in [-0.1, -0.05) is 0 Å². The van der Waals surface area contributed by atoms with Crippen LogP contribution in [0.5, 0.6) is 0 Å². The zero-order valence-electron chi connectivity index (χ0n) is 7.04. The zero-order chi connectivity index (χ0) is 9.56. The molecule has 0 radical (unpaired) electrons. The summed E-state index contributed by atoms with van der Waals surface area (Å²) in [6, 6.07) is 0. The van der Waals surface area contributed by atoms with E-state index in [4.69, 9.17) is 5.73 Å². The number of rotatable bonds is 5. The molecule has 0 heterocycles. The second-order valence-electron chi connectivity index (χ2n) is 2.54. The van der Waals surface area contributed by atoms with Crippen LogP contribution in [0.2, 0.25) is 0 Å². The van der Waals surface area contributed by atoms with Crippen molar-refractivity contribution in [3.05, 3.63) is 0 Å². The van der Waals surface area contributed by atoms with Crippen molar-refractivity contribution in [1.82, 2.24) is 5.32 Å². The van der Waals surface area contributed by atoms with E-state index >= 15 is 0 Å². The second kappa shape index (κ2) is 5.88. The standard InChI is InChI=1S/C7H14N2O2S/c1-5(12)7(11)9-4-2-3-6(8)10/h5,12H,2-4H2,1H3,(H2,8,10)(H,9,11). The van der Waals surface area contributed by atoms with Gasteiger partial charge in [0.1, 0.15) is 0 Å². The van der Waals surface area contributed by atoms with E-state index in [1.54, 1.807) is 6.92 Å². The quantitative estimate of drug-likeness (QED) is 0.411. The van der Waals surface area contributed by atoms with E-state index in [1.807, 2.05) is 0 Å². The van der Waals surface area contributed by atoms with Crippen LogP contribution in [0.25, 0.3) is 0 Å². The first kappa shape index (κ1) is 11.3. The fraction of sp³-hybridized carbons (Fsp3) is 0.714. The molecule has 0 saturated heterocycles. The lowest BCUT2D eigenvalue weighted by Crippen LogP contribution is -2.31. The number of hydrogen-bond acceptors (Lipinski definition) is 3. The highest BCUT2D eigenvalue weighted by Gasteiger charge is 2.05. The van der Waals surface area contributed by atoms with E-state index in [1.165, 1.54) is 0 Å². The average Bonchev–Trinajstić information content (AvgIpc) is 1.97. The van der Waals surface area contributed by atoms with E-state index in [2.05, 4.69) is 17.9 Å². The highest BCUT2D eigenvalue weighted by Crippen LogP contribution is 1.92. The number of nitrogens with one attached hydrogen (secondary N) is 1. The molecule has 0 saturated carbocycles. The van der Waals surface area contributed by atoms with Crippen molar-refractivity contribution in [3.8, 4) is 0 Å². The Labute approximate surface area is 77.3 Å². The van der Waals surface area contributed by atoms with Gasteiger partial charge in [0.2, 0.25) is 11.8 Å². The summed E-state index contributed by atoms with van der Waals surface area (Å²) < 4.78 is 0. The summed E-state index contributed by atoms with van der Waals surface area (Å²) in [7, 11) is 0. The Morgan fingerprint density at radius 3 is 2.58 bits per heavy atom. The maximum Gasteiger partial charge on any atom is 0.232 e. The Balaban J connectivity index is 3.32. The molecule has 3 N–H and O–H groups in total. The topological polar surface area (TPSA) is 72.2 Å². The van der Waals surface area contributed by atoms with Gasteiger partial charge in [-0.3, -0.25) is 9.59 Å². The molecular formula is C7H14N2O2S. The lowest BCUT2D eigenvalue weighted by atomic mass is 10.3. The molecule has 0 rings (SSSR count). The molecule has 0 fully saturated rings. The van der Waals surface area contributed by atoms with Gasteiger partial charge >= 0.3 is 0 Å². The first-order valence-corrected chi connectivity index (χ1v) is 4.29. The number of carbonyl (C=O) groups is 2. The molecule has 0 aromatic carbocycles. The first-order chi connectivity index (χ1) is 5.54. The van der Waals surface area contributed by atoms with Crippen LogP contribution in [0.3, 0.4) is 0 Å². The van der Waals surface area contributed by atoms with Crippen molar-refractivity contribution >= 4 is 24.4 Å². The van der Waals surface area contributed by atoms with E-state index in [0.29, 0.717) is 19.4 Å². The number of thiol groups is 1. The van der Waals surface area contributed by atoms with Gasteiger partial charge in [-0.05, 0) is 13.3 Å². The molecule has 5 heteroatoms. The van der Waals surface area contributed by atoms with Gasteiger partial charge in [0.15, 0.2) is 0 Å². The Morgan fingerprint density at radius 2 is 2.17 bits per heavy atom. The molecule has 70 valence electrons. The van der Waals surface area contributed by atoms with Crippen LogP contribution < -0.4 is 11.1 Å². The molecule has 0 aromatic heterocycles. The maximum atomic E-state index is 10.9. The first-order valence-electron chi connectivity index (χ1n) is 3.78. The SMILES string of the molecule is CC(S)C(=O)NCCCC(N)=O. The molecule has 0 aliphatic heterocycles. The van der Waals surface area contributed by atoms with Crippen molar-refractivity contribution in [3.63, 3.8) is 0 Å². The van der Waals surface area contributed by atoms with Gasteiger partial charge in [-0.2, -0.15) is 12.6 Å². The molecule has 1 unspecified atom stereocenters. The lowest BCUT2D eigenvalue weighted by Gasteiger charge is -2.05. The van der Waals surface area contributed by atoms with Crippen LogP contribution in [0.15, 0.2) is 0 Å². The molecule has 0 spiro atoms. The third-order valence-electron chi connectivity index (χ3n) is 1.28. The largest absolute Gasteiger partial charge is 0.370 e. The van der Waals surface area contributed by atoms with Crippen LogP contribution in [-0.4, -0.2) is 23.6 Å². The van der Waals surface area contributed by atoms with Gasteiger partial charge in [0.25, 0.3) is 0 Å². The van der Waals surface area contributed by atoms with Gasteiger partial charge in [-0.15, -0.1) is 0 Å². The minimum absolute atomic E-state index is 0.122. The number of hydrogen-bond donors (Lipinski definition) is 3. The Morgan fingerprint density at radius 1 is 1.58 bits per heavy atom. The lowest BCUT2D eigenvalue weighted by molar-refractivity contribution is -0.121. The highest BCUT2D eigenvalue weighted by molar-refractivity contribution is 7.81. The monoisotopic (exact) mass is 190 g/mol. The summed E-state index contributed by atoms with van der Waals surface area (Å²) in [5.74, 6) is -0.467. The fourth-order valence-corrected chi connectivity index (χ4v) is 0.713. The van der Waals surface area contributed by atoms with E-state index in [-0.39, 0.29) is 17.1 Å². The molecule has 0 bridgehead atoms. The zero-order valence-corrected chi connectivity index (χ0v) is 7.93. The summed E-state index contributed by atoms with van der Waals surface area (Å²) in [6.07, 6.45) is 0.892. The molecule has 4 nitrogen and oxygen atoms in total. The number of amides is 2. The van der Waals surface area contributed by atoms with Crippen LogP contribution in [0, 0.1) is 0 Å². The summed E-state index contributed by atoms with van der Waals surface area (Å²) in [5, 5.41) is 2.31. The molecule has 0 aliphatic rings. The van der Waals surface area contributed by atoms with Gasteiger partial charge in [0, 0.05) is 13.0 Å². The third-order valence-corrected chi connectivity index (χ3v) is 1.51. The number of carbonyl (C=O) groups excluding carboxylic acids is 2. The molecule has 1 atom stereocenters. The van der Waals surface area contributed by atoms with Gasteiger partial charge < -0.3 is 11.1 Å². The van der Waals surface area contributed by atoms with E-state index in [9.17, 15) is 9.59 Å². The van der Waals surface area contributed by atoms with Crippen molar-refractivity contribution in [1.29, 1.82) is 0 Å². The Bertz CT molecular complexity index is 171. The summed E-state index contributed by atoms with van der Waals surface area (Å²) in [5.41, 5.74) is 4.90. The van der Waals surface area contributed by atoms with Gasteiger partial charge in [0.05, 0.1) is 5.25 Å². The summed E-state index contributed by atoms with van der Waals surface area (Å²) in [4.78, 5) is 21.2. The number of nitrogens with two attached hydrogens (primary N) is 1. The molecule has 0 aromatic rings. The van der Waals surface area contributed by atoms with Crippen LogP contribution in [-0.2, 0) is 9.59 Å². The molecular weight excluding hydrogens is 176 g/mol. The molecule has 0 aliphatic carbocycles. The van der Waals surface area contributed by atoms with Crippen molar-refractivity contribution in [2.24, 2.45) is 5.73 Å². The average molecular weight is 190 g/mol. The van der Waals surface area contributed by atoms with Crippen molar-refractivity contribution < 1.29 is 9.59 Å². The third kappa shape index (κ3) is 6.03. The van der Waals surface area contributed by atoms with Gasteiger partial charge in [-0.25, -0.2) is 0 Å². The predicted molar refractivity (Wildman–Crippen MR) is 49.9 cm³/mol. The minimum Gasteiger partial charge on any atom is -0.370 e. The van der Waals surface area contributed by atoms with Crippen molar-refractivity contribution in [2.45, 2.75) is 25.0 Å². The number of primary amides is 1. The predicted octanol–water partition coefficient (Wildman–Crippen LogP) is -0.314. The van der Waals surface area contributed by atoms with Crippen LogP contribution in [0.4, 0.5) is 0 Å². The van der Waals surface area contributed by atoms with Crippen molar-refractivity contribution in [2.75, 3.05) is 6.54 Å². The normalized spacial score (nSPS) is 12.2. The summed E-state index contributed by atoms with van der Waals surface area (Å²) >= 11 is 3.93. The Kier molecular flexibility index (Phi) is 5.53. The fourth-order valence-electron chi connectivity index (χ4n) is 0.622.